The highest BCUT2D eigenvalue weighted by Gasteiger charge is 1.85. The van der Waals surface area contributed by atoms with Crippen LogP contribution in [-0.2, 0) is 5.33 Å². The van der Waals surface area contributed by atoms with Gasteiger partial charge in [0, 0.05) is 16.9 Å². The fourth-order valence-corrected chi connectivity index (χ4v) is 1.35. The molecule has 1 rings (SSSR count). The van der Waals surface area contributed by atoms with E-state index in [1.807, 2.05) is 11.6 Å². The predicted octanol–water partition coefficient (Wildman–Crippen LogP) is 2.04. The third kappa shape index (κ3) is 1.24. The zero-order chi connectivity index (χ0) is 5.11. The first-order valence-corrected chi connectivity index (χ1v) is 3.83. The van der Waals surface area contributed by atoms with E-state index in [0.717, 1.165) is 5.33 Å². The molecule has 1 aromatic rings. The number of nitrogens with zero attached hydrogens (tertiary/aromatic N) is 1. The number of alkyl halides is 1. The van der Waals surface area contributed by atoms with Gasteiger partial charge in [-0.05, 0) is 17.1 Å². The number of aromatic nitrogens is 1. The summed E-state index contributed by atoms with van der Waals surface area (Å²) in [5.74, 6) is 0. The molecule has 0 radical (unpaired) electrons. The van der Waals surface area contributed by atoms with Crippen LogP contribution >= 0.6 is 27.5 Å². The minimum atomic E-state index is 0.920. The molecular formula is C4H4BrNS. The molecule has 0 saturated carbocycles. The Morgan fingerprint density at radius 2 is 2.71 bits per heavy atom. The molecule has 0 fully saturated rings. The van der Waals surface area contributed by atoms with E-state index in [9.17, 15) is 0 Å². The standard InChI is InChI=1S/C4H4BrNS/c5-1-4-2-6-7-3-4/h2-3H,1H2. The molecule has 0 atom stereocenters. The van der Waals surface area contributed by atoms with E-state index in [4.69, 9.17) is 0 Å². The Kier molecular flexibility index (Phi) is 1.82. The van der Waals surface area contributed by atoms with Gasteiger partial charge in [0.15, 0.2) is 0 Å². The molecule has 0 spiro atoms. The summed E-state index contributed by atoms with van der Waals surface area (Å²) >= 11 is 4.79. The van der Waals surface area contributed by atoms with E-state index in [1.54, 1.807) is 0 Å². The smallest absolute Gasteiger partial charge is 0.0447 e. The number of halogens is 1. The average molecular weight is 178 g/mol. The number of rotatable bonds is 1. The lowest BCUT2D eigenvalue weighted by Gasteiger charge is -1.75. The maximum absolute atomic E-state index is 3.90. The first-order chi connectivity index (χ1) is 3.43. The third-order valence-corrected chi connectivity index (χ3v) is 1.92. The maximum Gasteiger partial charge on any atom is 0.0447 e. The normalized spacial score (nSPS) is 9.29. The van der Waals surface area contributed by atoms with Gasteiger partial charge in [-0.25, -0.2) is 4.37 Å². The van der Waals surface area contributed by atoms with Gasteiger partial charge < -0.3 is 0 Å². The van der Waals surface area contributed by atoms with Gasteiger partial charge in [-0.3, -0.25) is 0 Å². The highest BCUT2D eigenvalue weighted by molar-refractivity contribution is 9.08. The maximum atomic E-state index is 3.90. The minimum Gasteiger partial charge on any atom is -0.201 e. The second-order valence-corrected chi connectivity index (χ2v) is 2.38. The molecule has 0 saturated heterocycles. The van der Waals surface area contributed by atoms with Crippen molar-refractivity contribution in [3.63, 3.8) is 0 Å². The summed E-state index contributed by atoms with van der Waals surface area (Å²) in [5, 5.41) is 2.94. The van der Waals surface area contributed by atoms with Gasteiger partial charge in [-0.15, -0.1) is 0 Å². The van der Waals surface area contributed by atoms with Crippen molar-refractivity contribution < 1.29 is 0 Å². The number of hydrogen-bond acceptors (Lipinski definition) is 2. The van der Waals surface area contributed by atoms with E-state index in [2.05, 4.69) is 20.3 Å². The van der Waals surface area contributed by atoms with Gasteiger partial charge in [0.1, 0.15) is 0 Å². The summed E-state index contributed by atoms with van der Waals surface area (Å²) in [6.07, 6.45) is 1.86. The summed E-state index contributed by atoms with van der Waals surface area (Å²) in [4.78, 5) is 0. The van der Waals surface area contributed by atoms with E-state index in [-0.39, 0.29) is 0 Å². The quantitative estimate of drug-likeness (QED) is 0.599. The summed E-state index contributed by atoms with van der Waals surface area (Å²) in [6, 6.07) is 0. The topological polar surface area (TPSA) is 12.9 Å². The second kappa shape index (κ2) is 2.43. The zero-order valence-electron chi connectivity index (χ0n) is 3.60. The van der Waals surface area contributed by atoms with Crippen LogP contribution in [0.5, 0.6) is 0 Å². The van der Waals surface area contributed by atoms with E-state index < -0.39 is 0 Å². The van der Waals surface area contributed by atoms with Crippen molar-refractivity contribution in [1.82, 2.24) is 4.37 Å². The first-order valence-electron chi connectivity index (χ1n) is 1.87. The summed E-state index contributed by atoms with van der Waals surface area (Å²) in [6.45, 7) is 0. The van der Waals surface area contributed by atoms with E-state index >= 15 is 0 Å². The SMILES string of the molecule is BrCc1cnsc1. The molecule has 7 heavy (non-hydrogen) atoms. The van der Waals surface area contributed by atoms with Crippen LogP contribution in [0.4, 0.5) is 0 Å². The van der Waals surface area contributed by atoms with Crippen LogP contribution in [0, 0.1) is 0 Å². The third-order valence-electron chi connectivity index (χ3n) is 0.638. The highest BCUT2D eigenvalue weighted by Crippen LogP contribution is 2.04. The fourth-order valence-electron chi connectivity index (χ4n) is 0.293. The zero-order valence-corrected chi connectivity index (χ0v) is 6.00. The lowest BCUT2D eigenvalue weighted by Crippen LogP contribution is -1.62. The highest BCUT2D eigenvalue weighted by atomic mass is 79.9. The van der Waals surface area contributed by atoms with E-state index in [0.29, 0.717) is 0 Å². The number of hydrogen-bond donors (Lipinski definition) is 0. The van der Waals surface area contributed by atoms with Crippen LogP contribution < -0.4 is 0 Å². The van der Waals surface area contributed by atoms with Crippen molar-refractivity contribution in [3.8, 4) is 0 Å². The van der Waals surface area contributed by atoms with Crippen LogP contribution in [0.25, 0.3) is 0 Å². The molecule has 0 aromatic carbocycles. The molecule has 1 aromatic heterocycles. The molecule has 0 N–H and O–H groups in total. The van der Waals surface area contributed by atoms with Gasteiger partial charge in [0.05, 0.1) is 0 Å². The predicted molar refractivity (Wildman–Crippen MR) is 34.7 cm³/mol. The molecule has 0 bridgehead atoms. The van der Waals surface area contributed by atoms with Crippen molar-refractivity contribution in [2.45, 2.75) is 5.33 Å². The van der Waals surface area contributed by atoms with Crippen molar-refractivity contribution in [3.05, 3.63) is 17.1 Å². The summed E-state index contributed by atoms with van der Waals surface area (Å²) in [7, 11) is 0. The average Bonchev–Trinajstić information content (AvgIpc) is 2.14. The molecule has 0 aliphatic carbocycles. The van der Waals surface area contributed by atoms with Crippen LogP contribution in [0.2, 0.25) is 0 Å². The fraction of sp³-hybridized carbons (Fsp3) is 0.250. The molecule has 0 unspecified atom stereocenters. The first kappa shape index (κ1) is 5.25. The molecule has 1 heterocycles. The van der Waals surface area contributed by atoms with Crippen molar-refractivity contribution in [1.29, 1.82) is 0 Å². The van der Waals surface area contributed by atoms with Crippen molar-refractivity contribution >= 4 is 27.5 Å². The molecule has 0 amide bonds. The Morgan fingerprint density at radius 1 is 1.86 bits per heavy atom. The largest absolute Gasteiger partial charge is 0.201 e. The Labute approximate surface area is 54.7 Å². The Hall–Kier alpha value is 0.110. The Balaban J connectivity index is 2.76. The molecule has 0 aliphatic heterocycles. The van der Waals surface area contributed by atoms with Gasteiger partial charge >= 0.3 is 0 Å². The van der Waals surface area contributed by atoms with E-state index in [1.165, 1.54) is 17.1 Å². The molecule has 0 aliphatic rings. The van der Waals surface area contributed by atoms with Crippen molar-refractivity contribution in [2.75, 3.05) is 0 Å². The van der Waals surface area contributed by atoms with Crippen LogP contribution in [0.1, 0.15) is 5.56 Å². The molecule has 38 valence electrons. The van der Waals surface area contributed by atoms with Gasteiger partial charge in [-0.2, -0.15) is 0 Å². The lowest BCUT2D eigenvalue weighted by molar-refractivity contribution is 1.43. The van der Waals surface area contributed by atoms with Crippen LogP contribution in [0.15, 0.2) is 11.6 Å². The van der Waals surface area contributed by atoms with Crippen LogP contribution in [-0.4, -0.2) is 4.37 Å². The van der Waals surface area contributed by atoms with Gasteiger partial charge in [0.25, 0.3) is 0 Å². The second-order valence-electron chi connectivity index (χ2n) is 1.17. The molecule has 3 heteroatoms. The monoisotopic (exact) mass is 177 g/mol. The van der Waals surface area contributed by atoms with Crippen LogP contribution in [0.3, 0.4) is 0 Å². The Morgan fingerprint density at radius 3 is 3.00 bits per heavy atom. The Bertz CT molecular complexity index is 126. The molecule has 1 nitrogen and oxygen atoms in total. The summed E-state index contributed by atoms with van der Waals surface area (Å²) < 4.78 is 3.90. The summed E-state index contributed by atoms with van der Waals surface area (Å²) in [5.41, 5.74) is 1.25. The van der Waals surface area contributed by atoms with Gasteiger partial charge in [0.2, 0.25) is 0 Å². The lowest BCUT2D eigenvalue weighted by atomic mass is 10.4. The van der Waals surface area contributed by atoms with Gasteiger partial charge in [-0.1, -0.05) is 15.9 Å². The molecular weight excluding hydrogens is 174 g/mol. The van der Waals surface area contributed by atoms with Crippen molar-refractivity contribution in [2.24, 2.45) is 0 Å². The minimum absolute atomic E-state index is 0.920.